The zero-order valence-electron chi connectivity index (χ0n) is 13.6. The normalized spacial score (nSPS) is 20.7. The second kappa shape index (κ2) is 5.90. The van der Waals surface area contributed by atoms with Gasteiger partial charge in [-0.05, 0) is 27.7 Å². The first kappa shape index (κ1) is 18.5. The zero-order chi connectivity index (χ0) is 18.3. The minimum absolute atomic E-state index is 0.247. The van der Waals surface area contributed by atoms with Gasteiger partial charge in [0, 0.05) is 11.8 Å². The van der Waals surface area contributed by atoms with Gasteiger partial charge in [0.15, 0.2) is 0 Å². The summed E-state index contributed by atoms with van der Waals surface area (Å²) >= 11 is 0. The lowest BCUT2D eigenvalue weighted by Gasteiger charge is -2.32. The maximum Gasteiger partial charge on any atom is 0.525 e. The van der Waals surface area contributed by atoms with Crippen LogP contribution in [0.25, 0.3) is 5.57 Å². The molecule has 24 heavy (non-hydrogen) atoms. The quantitative estimate of drug-likeness (QED) is 0.623. The van der Waals surface area contributed by atoms with Crippen molar-refractivity contribution in [3.05, 3.63) is 23.7 Å². The third kappa shape index (κ3) is 3.32. The van der Waals surface area contributed by atoms with Crippen LogP contribution in [0.3, 0.4) is 0 Å². The molecule has 0 aromatic carbocycles. The van der Waals surface area contributed by atoms with Gasteiger partial charge in [-0.1, -0.05) is 0 Å². The largest absolute Gasteiger partial charge is 0.525 e. The highest BCUT2D eigenvalue weighted by Gasteiger charge is 2.55. The van der Waals surface area contributed by atoms with Crippen LogP contribution in [0.2, 0.25) is 0 Å². The number of hydrogen-bond acceptors (Lipinski definition) is 4. The molecule has 0 bridgehead atoms. The van der Waals surface area contributed by atoms with Gasteiger partial charge >= 0.3 is 13.3 Å². The Labute approximate surface area is 137 Å². The molecule has 0 N–H and O–H groups in total. The van der Waals surface area contributed by atoms with Crippen LogP contribution in [0.5, 0.6) is 0 Å². The smallest absolute Gasteiger partial charge is 0.398 e. The Morgan fingerprint density at radius 2 is 1.83 bits per heavy atom. The van der Waals surface area contributed by atoms with Crippen molar-refractivity contribution in [3.63, 3.8) is 0 Å². The molecule has 1 saturated heterocycles. The summed E-state index contributed by atoms with van der Waals surface area (Å²) < 4.78 is 66.5. The SMILES string of the molecule is CC1(C)OB(C(F)=C(c2cnn(CC#N)c2)C(F)(F)F)OC1(C)C. The van der Waals surface area contributed by atoms with Crippen molar-refractivity contribution in [2.24, 2.45) is 0 Å². The number of halogens is 4. The minimum Gasteiger partial charge on any atom is -0.398 e. The van der Waals surface area contributed by atoms with Gasteiger partial charge in [-0.2, -0.15) is 23.5 Å². The number of alkyl halides is 3. The molecule has 1 aliphatic heterocycles. The van der Waals surface area contributed by atoms with E-state index in [2.05, 4.69) is 5.10 Å². The summed E-state index contributed by atoms with van der Waals surface area (Å²) in [7, 11) is -1.77. The van der Waals surface area contributed by atoms with Crippen LogP contribution >= 0.6 is 0 Å². The van der Waals surface area contributed by atoms with Gasteiger partial charge < -0.3 is 9.31 Å². The van der Waals surface area contributed by atoms with E-state index in [1.807, 2.05) is 0 Å². The summed E-state index contributed by atoms with van der Waals surface area (Å²) in [5.41, 5.74) is -5.54. The third-order valence-corrected chi connectivity index (χ3v) is 4.14. The van der Waals surface area contributed by atoms with E-state index in [-0.39, 0.29) is 6.54 Å². The van der Waals surface area contributed by atoms with Crippen molar-refractivity contribution in [2.45, 2.75) is 51.6 Å². The number of allylic oxidation sites excluding steroid dienone is 1. The number of nitrogens with zero attached hydrogens (tertiary/aromatic N) is 3. The van der Waals surface area contributed by atoms with Crippen molar-refractivity contribution < 1.29 is 26.9 Å². The van der Waals surface area contributed by atoms with Crippen LogP contribution in [0.15, 0.2) is 18.1 Å². The van der Waals surface area contributed by atoms with E-state index in [4.69, 9.17) is 14.6 Å². The molecule has 130 valence electrons. The van der Waals surface area contributed by atoms with Crippen molar-refractivity contribution in [1.82, 2.24) is 9.78 Å². The van der Waals surface area contributed by atoms with Gasteiger partial charge in [0.2, 0.25) is 0 Å². The van der Waals surface area contributed by atoms with Gasteiger partial charge in [-0.25, -0.2) is 4.39 Å². The Balaban J connectivity index is 2.47. The molecule has 0 aliphatic carbocycles. The lowest BCUT2D eigenvalue weighted by Crippen LogP contribution is -2.41. The predicted octanol–water partition coefficient (Wildman–Crippen LogP) is 3.28. The molecule has 1 aliphatic rings. The van der Waals surface area contributed by atoms with Crippen molar-refractivity contribution in [1.29, 1.82) is 5.26 Å². The molecular weight excluding hydrogens is 329 g/mol. The van der Waals surface area contributed by atoms with Crippen LogP contribution in [-0.2, 0) is 15.9 Å². The van der Waals surface area contributed by atoms with Gasteiger partial charge in [-0.15, -0.1) is 0 Å². The number of nitriles is 1. The van der Waals surface area contributed by atoms with Crippen LogP contribution in [0.4, 0.5) is 17.6 Å². The van der Waals surface area contributed by atoms with Crippen LogP contribution < -0.4 is 0 Å². The molecule has 0 atom stereocenters. The Bertz CT molecular complexity index is 688. The lowest BCUT2D eigenvalue weighted by molar-refractivity contribution is -0.0699. The van der Waals surface area contributed by atoms with Crippen LogP contribution in [0, 0.1) is 11.3 Å². The molecule has 0 amide bonds. The molecule has 2 heterocycles. The standard InChI is InChI=1S/C14H16BF4N3O2/c1-12(2)13(3,4)24-15(23-12)11(16)10(14(17,18)19)9-7-21-22(8-9)6-5-20/h7-8H,6H2,1-4H3. The molecule has 1 fully saturated rings. The van der Waals surface area contributed by atoms with Crippen molar-refractivity contribution >= 4 is 12.7 Å². The topological polar surface area (TPSA) is 60.1 Å². The highest BCUT2D eigenvalue weighted by molar-refractivity contribution is 6.55. The summed E-state index contributed by atoms with van der Waals surface area (Å²) in [6.45, 7) is 6.19. The monoisotopic (exact) mass is 345 g/mol. The molecule has 1 aromatic rings. The number of hydrogen-bond donors (Lipinski definition) is 0. The maximum atomic E-state index is 14.6. The Morgan fingerprint density at radius 1 is 1.29 bits per heavy atom. The summed E-state index contributed by atoms with van der Waals surface area (Å²) in [6, 6.07) is 1.74. The fourth-order valence-electron chi connectivity index (χ4n) is 2.15. The Kier molecular flexibility index (Phi) is 4.54. The summed E-state index contributed by atoms with van der Waals surface area (Å²) in [6.07, 6.45) is -3.17. The summed E-state index contributed by atoms with van der Waals surface area (Å²) in [5, 5.41) is 12.2. The first-order valence-electron chi connectivity index (χ1n) is 7.11. The predicted molar refractivity (Wildman–Crippen MR) is 78.0 cm³/mol. The fourth-order valence-corrected chi connectivity index (χ4v) is 2.15. The lowest BCUT2D eigenvalue weighted by atomic mass is 9.83. The average molecular weight is 345 g/mol. The molecule has 0 spiro atoms. The number of aromatic nitrogens is 2. The minimum atomic E-state index is -4.98. The first-order valence-corrected chi connectivity index (χ1v) is 7.11. The molecule has 0 unspecified atom stereocenters. The second-order valence-electron chi connectivity index (χ2n) is 6.39. The van der Waals surface area contributed by atoms with E-state index in [0.29, 0.717) is 0 Å². The zero-order valence-corrected chi connectivity index (χ0v) is 13.6. The van der Waals surface area contributed by atoms with E-state index in [9.17, 15) is 17.6 Å². The highest BCUT2D eigenvalue weighted by Crippen LogP contribution is 2.43. The van der Waals surface area contributed by atoms with Gasteiger partial charge in [-0.3, -0.25) is 4.68 Å². The van der Waals surface area contributed by atoms with E-state index in [1.54, 1.807) is 33.8 Å². The van der Waals surface area contributed by atoms with Crippen LogP contribution in [-0.4, -0.2) is 34.3 Å². The first-order chi connectivity index (χ1) is 10.9. The van der Waals surface area contributed by atoms with Gasteiger partial charge in [0.05, 0.1) is 29.0 Å². The molecule has 0 radical (unpaired) electrons. The Morgan fingerprint density at radius 3 is 2.29 bits per heavy atom. The molecule has 2 rings (SSSR count). The second-order valence-corrected chi connectivity index (χ2v) is 6.39. The van der Waals surface area contributed by atoms with Crippen molar-refractivity contribution in [2.75, 3.05) is 0 Å². The number of rotatable bonds is 3. The highest BCUT2D eigenvalue weighted by atomic mass is 19.4. The van der Waals surface area contributed by atoms with E-state index in [0.717, 1.165) is 17.1 Å². The van der Waals surface area contributed by atoms with Gasteiger partial charge in [0.25, 0.3) is 0 Å². The maximum absolute atomic E-state index is 14.6. The average Bonchev–Trinajstić information content (AvgIpc) is 2.92. The summed E-state index contributed by atoms with van der Waals surface area (Å²) in [5.74, 6) is 0. The Hall–Kier alpha value is -1.86. The van der Waals surface area contributed by atoms with Gasteiger partial charge in [0.1, 0.15) is 12.3 Å². The molecule has 10 heteroatoms. The van der Waals surface area contributed by atoms with E-state index in [1.165, 1.54) is 0 Å². The van der Waals surface area contributed by atoms with Crippen LogP contribution in [0.1, 0.15) is 33.3 Å². The summed E-state index contributed by atoms with van der Waals surface area (Å²) in [4.78, 5) is 0. The third-order valence-electron chi connectivity index (χ3n) is 4.14. The molecule has 0 saturated carbocycles. The fraction of sp³-hybridized carbons (Fsp3) is 0.571. The van der Waals surface area contributed by atoms with E-state index >= 15 is 0 Å². The van der Waals surface area contributed by atoms with Crippen molar-refractivity contribution in [3.8, 4) is 6.07 Å². The molecular formula is C14H16BF4N3O2. The molecule has 1 aromatic heterocycles. The van der Waals surface area contributed by atoms with E-state index < -0.39 is 41.4 Å². The molecule has 5 nitrogen and oxygen atoms in total.